The van der Waals surface area contributed by atoms with Gasteiger partial charge in [-0.05, 0) is 0 Å². The number of hydrogen-bond acceptors (Lipinski definition) is 18. The molecule has 2 unspecified atom stereocenters. The quantitative estimate of drug-likeness (QED) is 0.0758. The van der Waals surface area contributed by atoms with Gasteiger partial charge in [0.25, 0.3) is 5.56 Å². The average molecular weight is 689 g/mol. The standard InChI is InChI=1S/C21H26N10O13P2/c22-15-9-17(29-21(23)28-15)31(5-26-9)19-13(34)11(32)8(43-19)3-41-46(38,39)44-14-12(33)7(1-2-40-45(36)37)42-20(14)30-6-27-10-16(30)24-4-25-18(10)35/h4-8,11-14,19-20,32-34H,1-3H2,(H6-,22,23,24,25,28,29,35,36,37,38,39)/p+1/t7-,8-,11-,12-,13-,14-,19-,20-/m1/s1. The summed E-state index contributed by atoms with van der Waals surface area (Å²) in [5.41, 5.74) is 11.0. The highest BCUT2D eigenvalue weighted by Gasteiger charge is 2.50. The van der Waals surface area contributed by atoms with Gasteiger partial charge in [-0.2, -0.15) is 9.97 Å². The molecular weight excluding hydrogens is 662 g/mol. The summed E-state index contributed by atoms with van der Waals surface area (Å²) in [4.78, 5) is 54.0. The molecule has 10 atom stereocenters. The Labute approximate surface area is 256 Å². The van der Waals surface area contributed by atoms with Gasteiger partial charge in [0, 0.05) is 11.0 Å². The van der Waals surface area contributed by atoms with Gasteiger partial charge in [0.15, 0.2) is 35.1 Å². The number of aliphatic hydroxyl groups excluding tert-OH is 3. The number of rotatable bonds is 11. The van der Waals surface area contributed by atoms with E-state index in [1.165, 1.54) is 15.5 Å². The van der Waals surface area contributed by atoms with Crippen LogP contribution in [0.3, 0.4) is 0 Å². The Bertz CT molecular complexity index is 1870. The highest BCUT2D eigenvalue weighted by atomic mass is 31.2. The molecule has 2 saturated heterocycles. The Balaban J connectivity index is 1.18. The SMILES string of the molecule is Nc1nc(N)c2ncn([C@@H]3O[C@H](COP(=O)(O)O[C@@H]4[C@H](O)[C@@H](CCO[P+](=O)O)O[C@H]4n4cnc5c(=O)[nH]cnc54)[C@@H](O)[C@H]3O)c2n1. The molecule has 0 radical (unpaired) electrons. The van der Waals surface area contributed by atoms with Crippen LogP contribution >= 0.6 is 16.1 Å². The number of phosphoric ester groups is 1. The largest absolute Gasteiger partial charge is 0.694 e. The van der Waals surface area contributed by atoms with E-state index in [1.54, 1.807) is 0 Å². The predicted molar refractivity (Wildman–Crippen MR) is 149 cm³/mol. The number of imidazole rings is 2. The van der Waals surface area contributed by atoms with Crippen molar-refractivity contribution in [2.45, 2.75) is 55.5 Å². The number of aromatic amines is 1. The number of H-pyrrole nitrogens is 1. The lowest BCUT2D eigenvalue weighted by molar-refractivity contribution is -0.0600. The maximum atomic E-state index is 13.2. The van der Waals surface area contributed by atoms with Crippen molar-refractivity contribution in [3.8, 4) is 0 Å². The third-order valence-electron chi connectivity index (χ3n) is 7.29. The van der Waals surface area contributed by atoms with E-state index < -0.39 is 77.3 Å². The van der Waals surface area contributed by atoms with Crippen LogP contribution in [-0.4, -0.2) is 114 Å². The number of ether oxygens (including phenoxy) is 2. The highest BCUT2D eigenvalue weighted by molar-refractivity contribution is 7.47. The van der Waals surface area contributed by atoms with E-state index >= 15 is 0 Å². The second kappa shape index (κ2) is 12.6. The van der Waals surface area contributed by atoms with Crippen LogP contribution in [0.5, 0.6) is 0 Å². The molecule has 0 aromatic carbocycles. The third kappa shape index (κ3) is 6.11. The minimum atomic E-state index is -5.11. The van der Waals surface area contributed by atoms with Crippen molar-refractivity contribution in [1.82, 2.24) is 39.0 Å². The lowest BCUT2D eigenvalue weighted by Crippen LogP contribution is -2.35. The van der Waals surface area contributed by atoms with Crippen molar-refractivity contribution in [3.05, 3.63) is 29.3 Å². The van der Waals surface area contributed by atoms with Gasteiger partial charge in [0.2, 0.25) is 5.95 Å². The van der Waals surface area contributed by atoms with Crippen molar-refractivity contribution in [2.24, 2.45) is 0 Å². The molecule has 2 fully saturated rings. The Morgan fingerprint density at radius 2 is 1.67 bits per heavy atom. The van der Waals surface area contributed by atoms with Crippen LogP contribution < -0.4 is 17.0 Å². The molecule has 0 bridgehead atoms. The summed E-state index contributed by atoms with van der Waals surface area (Å²) in [6.07, 6.45) is -8.42. The monoisotopic (exact) mass is 689 g/mol. The van der Waals surface area contributed by atoms with Crippen LogP contribution in [0.25, 0.3) is 22.3 Å². The first-order valence-electron chi connectivity index (χ1n) is 13.3. The molecule has 10 N–H and O–H groups in total. The van der Waals surface area contributed by atoms with Crippen molar-refractivity contribution in [1.29, 1.82) is 0 Å². The fourth-order valence-electron chi connectivity index (χ4n) is 5.18. The number of nitrogens with one attached hydrogen (secondary N) is 1. The van der Waals surface area contributed by atoms with Crippen molar-refractivity contribution in [2.75, 3.05) is 24.7 Å². The molecule has 4 aromatic heterocycles. The predicted octanol–water partition coefficient (Wildman–Crippen LogP) is -2.44. The lowest BCUT2D eigenvalue weighted by Gasteiger charge is -2.24. The number of nitrogens with zero attached hydrogens (tertiary/aromatic N) is 7. The molecule has 6 rings (SSSR count). The molecule has 6 heterocycles. The Morgan fingerprint density at radius 3 is 2.41 bits per heavy atom. The summed E-state index contributed by atoms with van der Waals surface area (Å²) >= 11 is 0. The number of anilines is 2. The van der Waals surface area contributed by atoms with E-state index in [0.29, 0.717) is 0 Å². The zero-order valence-corrected chi connectivity index (χ0v) is 24.9. The van der Waals surface area contributed by atoms with E-state index in [0.717, 1.165) is 12.7 Å². The number of nitrogens with two attached hydrogens (primary N) is 2. The molecule has 0 saturated carbocycles. The average Bonchev–Trinajstić information content (AvgIpc) is 3.74. The number of aromatic nitrogens is 8. The number of aliphatic hydroxyl groups is 3. The van der Waals surface area contributed by atoms with Gasteiger partial charge >= 0.3 is 16.1 Å². The molecular formula is C21H27N10O13P2+. The Kier molecular flexibility index (Phi) is 8.84. The molecule has 248 valence electrons. The van der Waals surface area contributed by atoms with Gasteiger partial charge in [0.1, 0.15) is 42.6 Å². The molecule has 0 spiro atoms. The van der Waals surface area contributed by atoms with Crippen molar-refractivity contribution >= 4 is 50.2 Å². The molecule has 0 amide bonds. The summed E-state index contributed by atoms with van der Waals surface area (Å²) < 4.78 is 53.1. The summed E-state index contributed by atoms with van der Waals surface area (Å²) in [5.74, 6) is -0.215. The first-order chi connectivity index (χ1) is 21.8. The minimum absolute atomic E-state index is 0.0121. The van der Waals surface area contributed by atoms with E-state index in [2.05, 4.69) is 34.4 Å². The Morgan fingerprint density at radius 1 is 0.978 bits per heavy atom. The van der Waals surface area contributed by atoms with Crippen LogP contribution in [0.15, 0.2) is 23.8 Å². The second-order valence-electron chi connectivity index (χ2n) is 10.1. The maximum absolute atomic E-state index is 13.2. The number of nitrogen functional groups attached to an aromatic ring is 2. The first-order valence-corrected chi connectivity index (χ1v) is 15.9. The van der Waals surface area contributed by atoms with E-state index in [-0.39, 0.29) is 47.1 Å². The number of fused-ring (bicyclic) bond motifs is 2. The molecule has 0 aliphatic carbocycles. The van der Waals surface area contributed by atoms with Gasteiger partial charge in [-0.3, -0.25) is 23.0 Å². The lowest BCUT2D eigenvalue weighted by atomic mass is 10.1. The molecule has 2 aliphatic rings. The topological polar surface area (TPSA) is 341 Å². The van der Waals surface area contributed by atoms with Crippen LogP contribution in [-0.2, 0) is 32.2 Å². The van der Waals surface area contributed by atoms with Crippen LogP contribution in [0.4, 0.5) is 11.8 Å². The zero-order chi connectivity index (χ0) is 32.9. The van der Waals surface area contributed by atoms with Gasteiger partial charge in [-0.25, -0.2) is 19.5 Å². The van der Waals surface area contributed by atoms with Gasteiger partial charge in [-0.15, -0.1) is 9.42 Å². The fourth-order valence-corrected chi connectivity index (χ4v) is 6.38. The van der Waals surface area contributed by atoms with Crippen molar-refractivity contribution in [3.63, 3.8) is 0 Å². The van der Waals surface area contributed by atoms with E-state index in [4.69, 9.17) is 34.9 Å². The maximum Gasteiger partial charge on any atom is 0.694 e. The van der Waals surface area contributed by atoms with E-state index in [1.807, 2.05) is 0 Å². The minimum Gasteiger partial charge on any atom is -0.387 e. The van der Waals surface area contributed by atoms with Gasteiger partial charge in [-0.1, -0.05) is 0 Å². The van der Waals surface area contributed by atoms with Crippen LogP contribution in [0.1, 0.15) is 18.9 Å². The Hall–Kier alpha value is -3.57. The molecule has 46 heavy (non-hydrogen) atoms. The molecule has 4 aromatic rings. The van der Waals surface area contributed by atoms with Gasteiger partial charge in [0.05, 0.1) is 31.7 Å². The third-order valence-corrected chi connectivity index (χ3v) is 8.68. The smallest absolute Gasteiger partial charge is 0.387 e. The molecule has 23 nitrogen and oxygen atoms in total. The fraction of sp³-hybridized carbons (Fsp3) is 0.524. The molecule has 25 heteroatoms. The highest BCUT2D eigenvalue weighted by Crippen LogP contribution is 2.50. The summed E-state index contributed by atoms with van der Waals surface area (Å²) in [5, 5.41) is 32.3. The zero-order valence-electron chi connectivity index (χ0n) is 23.2. The number of hydrogen-bond donors (Lipinski definition) is 8. The first kappa shape index (κ1) is 32.4. The van der Waals surface area contributed by atoms with E-state index in [9.17, 15) is 34.1 Å². The normalized spacial score (nSPS) is 29.9. The summed E-state index contributed by atoms with van der Waals surface area (Å²) in [6.45, 7) is -1.12. The van der Waals surface area contributed by atoms with Crippen LogP contribution in [0, 0.1) is 0 Å². The summed E-state index contributed by atoms with van der Waals surface area (Å²) in [6, 6.07) is 0. The second-order valence-corrected chi connectivity index (χ2v) is 12.3. The molecule has 2 aliphatic heterocycles. The van der Waals surface area contributed by atoms with Crippen molar-refractivity contribution < 1.29 is 57.3 Å². The van der Waals surface area contributed by atoms with Gasteiger partial charge < -0.3 is 46.1 Å². The number of phosphoric acid groups is 1. The summed E-state index contributed by atoms with van der Waals surface area (Å²) in [7, 11) is -8.06. The van der Waals surface area contributed by atoms with Crippen LogP contribution in [0.2, 0.25) is 0 Å².